The quantitative estimate of drug-likeness (QED) is 0.840. The molecule has 0 fully saturated rings. The first-order chi connectivity index (χ1) is 8.25. The molecule has 3 heteroatoms. The second kappa shape index (κ2) is 5.71. The van der Waals surface area contributed by atoms with Gasteiger partial charge in [-0.15, -0.1) is 0 Å². The molecule has 0 saturated carbocycles. The van der Waals surface area contributed by atoms with Crippen molar-refractivity contribution in [2.24, 2.45) is 0 Å². The van der Waals surface area contributed by atoms with Gasteiger partial charge in [0.2, 0.25) is 0 Å². The summed E-state index contributed by atoms with van der Waals surface area (Å²) >= 11 is 0. The van der Waals surface area contributed by atoms with Crippen LogP contribution in [0.25, 0.3) is 0 Å². The molecule has 3 nitrogen and oxygen atoms in total. The molecule has 0 aromatic heterocycles. The minimum Gasteiger partial charge on any atom is -0.481 e. The molecule has 17 heavy (non-hydrogen) atoms. The number of rotatable bonds is 4. The fourth-order valence-corrected chi connectivity index (χ4v) is 2.27. The van der Waals surface area contributed by atoms with Crippen molar-refractivity contribution in [1.29, 1.82) is 0 Å². The maximum absolute atomic E-state index is 10.5. The first-order valence-corrected chi connectivity index (χ1v) is 6.33. The van der Waals surface area contributed by atoms with E-state index in [1.165, 1.54) is 29.7 Å². The van der Waals surface area contributed by atoms with Crippen molar-refractivity contribution >= 4 is 11.7 Å². The summed E-state index contributed by atoms with van der Waals surface area (Å²) in [6.07, 6.45) is 5.44. The summed E-state index contributed by atoms with van der Waals surface area (Å²) in [6, 6.07) is 6.50. The summed E-state index contributed by atoms with van der Waals surface area (Å²) < 4.78 is 0. The lowest BCUT2D eigenvalue weighted by Crippen LogP contribution is -2.01. The number of carboxylic acids is 1. The number of fused-ring (bicyclic) bond motifs is 1. The molecule has 0 saturated heterocycles. The van der Waals surface area contributed by atoms with Crippen LogP contribution < -0.4 is 5.32 Å². The van der Waals surface area contributed by atoms with Crippen LogP contribution in [0, 0.1) is 0 Å². The molecule has 1 aliphatic heterocycles. The molecule has 1 aromatic rings. The minimum atomic E-state index is -0.710. The summed E-state index contributed by atoms with van der Waals surface area (Å²) in [5.74, 6) is -0.710. The van der Waals surface area contributed by atoms with E-state index >= 15 is 0 Å². The van der Waals surface area contributed by atoms with Crippen LogP contribution in [-0.4, -0.2) is 17.6 Å². The molecule has 0 atom stereocenters. The van der Waals surface area contributed by atoms with E-state index in [4.69, 9.17) is 5.11 Å². The first kappa shape index (κ1) is 12.0. The zero-order chi connectivity index (χ0) is 12.1. The third kappa shape index (κ3) is 3.48. The van der Waals surface area contributed by atoms with E-state index in [-0.39, 0.29) is 6.42 Å². The Kier molecular flexibility index (Phi) is 4.02. The number of benzene rings is 1. The molecule has 1 heterocycles. The van der Waals surface area contributed by atoms with Gasteiger partial charge in [-0.2, -0.15) is 0 Å². The van der Waals surface area contributed by atoms with Crippen LogP contribution in [0.2, 0.25) is 0 Å². The molecule has 0 radical (unpaired) electrons. The van der Waals surface area contributed by atoms with Gasteiger partial charge in [0.1, 0.15) is 0 Å². The van der Waals surface area contributed by atoms with Crippen LogP contribution in [0.4, 0.5) is 5.69 Å². The SMILES string of the molecule is O=C(O)CCCc1ccc2c(c1)NCCCC2. The number of carbonyl (C=O) groups is 1. The van der Waals surface area contributed by atoms with Crippen molar-refractivity contribution in [2.45, 2.75) is 38.5 Å². The first-order valence-electron chi connectivity index (χ1n) is 6.33. The van der Waals surface area contributed by atoms with E-state index in [2.05, 4.69) is 23.5 Å². The van der Waals surface area contributed by atoms with E-state index < -0.39 is 5.97 Å². The van der Waals surface area contributed by atoms with Gasteiger partial charge in [-0.05, 0) is 49.3 Å². The summed E-state index contributed by atoms with van der Waals surface area (Å²) in [5, 5.41) is 12.1. The molecule has 2 N–H and O–H groups in total. The van der Waals surface area contributed by atoms with Gasteiger partial charge in [0.25, 0.3) is 0 Å². The van der Waals surface area contributed by atoms with Gasteiger partial charge in [-0.25, -0.2) is 0 Å². The smallest absolute Gasteiger partial charge is 0.303 e. The second-order valence-electron chi connectivity index (χ2n) is 4.62. The normalized spacial score (nSPS) is 14.6. The number of hydrogen-bond acceptors (Lipinski definition) is 2. The summed E-state index contributed by atoms with van der Waals surface area (Å²) in [5.41, 5.74) is 3.87. The fourth-order valence-electron chi connectivity index (χ4n) is 2.27. The number of aryl methyl sites for hydroxylation is 2. The number of anilines is 1. The average molecular weight is 233 g/mol. The molecular formula is C14H19NO2. The van der Waals surface area contributed by atoms with Crippen molar-refractivity contribution < 1.29 is 9.90 Å². The van der Waals surface area contributed by atoms with E-state index in [9.17, 15) is 4.79 Å². The highest BCUT2D eigenvalue weighted by molar-refractivity contribution is 5.66. The lowest BCUT2D eigenvalue weighted by Gasteiger charge is -2.09. The Morgan fingerprint density at radius 1 is 1.35 bits per heavy atom. The lowest BCUT2D eigenvalue weighted by atomic mass is 10.0. The fraction of sp³-hybridized carbons (Fsp3) is 0.500. The Morgan fingerprint density at radius 2 is 2.24 bits per heavy atom. The molecule has 0 amide bonds. The molecule has 0 bridgehead atoms. The maximum Gasteiger partial charge on any atom is 0.303 e. The standard InChI is InChI=1S/C14H19NO2/c16-14(17)6-3-4-11-7-8-12-5-1-2-9-15-13(12)10-11/h7-8,10,15H,1-6,9H2,(H,16,17). The number of aliphatic carboxylic acids is 1. The van der Waals surface area contributed by atoms with E-state index in [0.29, 0.717) is 6.42 Å². The molecule has 0 unspecified atom stereocenters. The predicted octanol–water partition coefficient (Wildman–Crippen LogP) is 2.84. The van der Waals surface area contributed by atoms with Crippen LogP contribution >= 0.6 is 0 Å². The predicted molar refractivity (Wildman–Crippen MR) is 68.4 cm³/mol. The van der Waals surface area contributed by atoms with Gasteiger partial charge in [-0.3, -0.25) is 4.79 Å². The van der Waals surface area contributed by atoms with Crippen molar-refractivity contribution in [3.05, 3.63) is 29.3 Å². The Bertz CT molecular complexity index is 401. The molecule has 1 aliphatic rings. The van der Waals surface area contributed by atoms with E-state index in [0.717, 1.165) is 19.4 Å². The van der Waals surface area contributed by atoms with E-state index in [1.54, 1.807) is 0 Å². The minimum absolute atomic E-state index is 0.254. The van der Waals surface area contributed by atoms with Gasteiger partial charge >= 0.3 is 5.97 Å². The van der Waals surface area contributed by atoms with Gasteiger partial charge in [-0.1, -0.05) is 12.1 Å². The Balaban J connectivity index is 1.99. The average Bonchev–Trinajstić information content (AvgIpc) is 2.53. The van der Waals surface area contributed by atoms with Crippen LogP contribution in [-0.2, 0) is 17.6 Å². The van der Waals surface area contributed by atoms with Crippen molar-refractivity contribution in [3.63, 3.8) is 0 Å². The van der Waals surface area contributed by atoms with Crippen LogP contribution in [0.15, 0.2) is 18.2 Å². The van der Waals surface area contributed by atoms with E-state index in [1.807, 2.05) is 0 Å². The van der Waals surface area contributed by atoms with Gasteiger partial charge < -0.3 is 10.4 Å². The second-order valence-corrected chi connectivity index (χ2v) is 4.62. The number of nitrogens with one attached hydrogen (secondary N) is 1. The highest BCUT2D eigenvalue weighted by atomic mass is 16.4. The van der Waals surface area contributed by atoms with Crippen LogP contribution in [0.3, 0.4) is 0 Å². The zero-order valence-corrected chi connectivity index (χ0v) is 10.0. The summed E-state index contributed by atoms with van der Waals surface area (Å²) in [6.45, 7) is 1.05. The summed E-state index contributed by atoms with van der Waals surface area (Å²) in [7, 11) is 0. The van der Waals surface area contributed by atoms with Crippen LogP contribution in [0.1, 0.15) is 36.8 Å². The molecule has 2 rings (SSSR count). The maximum atomic E-state index is 10.5. The molecule has 0 aliphatic carbocycles. The topological polar surface area (TPSA) is 49.3 Å². The Morgan fingerprint density at radius 3 is 3.06 bits per heavy atom. The number of carboxylic acid groups (broad SMARTS) is 1. The largest absolute Gasteiger partial charge is 0.481 e. The zero-order valence-electron chi connectivity index (χ0n) is 10.0. The Hall–Kier alpha value is -1.51. The third-order valence-corrected chi connectivity index (χ3v) is 3.22. The molecule has 0 spiro atoms. The molecule has 92 valence electrons. The van der Waals surface area contributed by atoms with Gasteiger partial charge in [0, 0.05) is 18.7 Å². The third-order valence-electron chi connectivity index (χ3n) is 3.22. The molecular weight excluding hydrogens is 214 g/mol. The molecule has 1 aromatic carbocycles. The van der Waals surface area contributed by atoms with Gasteiger partial charge in [0.05, 0.1) is 0 Å². The van der Waals surface area contributed by atoms with Crippen molar-refractivity contribution in [2.75, 3.05) is 11.9 Å². The number of hydrogen-bond donors (Lipinski definition) is 2. The highest BCUT2D eigenvalue weighted by Gasteiger charge is 2.07. The van der Waals surface area contributed by atoms with Crippen molar-refractivity contribution in [3.8, 4) is 0 Å². The van der Waals surface area contributed by atoms with Crippen LogP contribution in [0.5, 0.6) is 0 Å². The monoisotopic (exact) mass is 233 g/mol. The lowest BCUT2D eigenvalue weighted by molar-refractivity contribution is -0.137. The summed E-state index contributed by atoms with van der Waals surface area (Å²) in [4.78, 5) is 10.5. The van der Waals surface area contributed by atoms with Crippen molar-refractivity contribution in [1.82, 2.24) is 0 Å². The Labute approximate surface area is 102 Å². The van der Waals surface area contributed by atoms with Gasteiger partial charge in [0.15, 0.2) is 0 Å². The highest BCUT2D eigenvalue weighted by Crippen LogP contribution is 2.23.